The lowest BCUT2D eigenvalue weighted by Gasteiger charge is -2.04. The largest absolute Gasteiger partial charge is 0.381 e. The van der Waals surface area contributed by atoms with Gasteiger partial charge in [0.15, 0.2) is 17.5 Å². The summed E-state index contributed by atoms with van der Waals surface area (Å²) in [4.78, 5) is 9.55. The van der Waals surface area contributed by atoms with E-state index in [4.69, 9.17) is 19.8 Å². The van der Waals surface area contributed by atoms with Crippen LogP contribution >= 0.6 is 11.3 Å². The van der Waals surface area contributed by atoms with E-state index in [1.165, 1.54) is 0 Å². The molecule has 3 aromatic rings. The van der Waals surface area contributed by atoms with Crippen molar-refractivity contribution in [2.45, 2.75) is 32.1 Å². The van der Waals surface area contributed by atoms with Gasteiger partial charge in [-0.2, -0.15) is 9.78 Å². The van der Waals surface area contributed by atoms with Crippen LogP contribution in [0.25, 0.3) is 17.3 Å². The summed E-state index contributed by atoms with van der Waals surface area (Å²) >= 11 is 1.68. The standard InChI is InChI=1S/C16H20N6OS/c1-3-4-13-18-12(10-24-13)16-19-15(11-6-8-23-9-11)20-22(16)14-5-7-17-21(14)2/h5,7,10-11H,3-4,6,8-9H2,1-2H3. The van der Waals surface area contributed by atoms with Gasteiger partial charge in [-0.25, -0.2) is 9.97 Å². The molecule has 1 aliphatic rings. The quantitative estimate of drug-likeness (QED) is 0.711. The Kier molecular flexibility index (Phi) is 4.15. The van der Waals surface area contributed by atoms with Gasteiger partial charge in [-0.1, -0.05) is 6.92 Å². The number of aromatic nitrogens is 6. The first-order chi connectivity index (χ1) is 11.8. The van der Waals surface area contributed by atoms with E-state index < -0.39 is 0 Å². The molecular weight excluding hydrogens is 324 g/mol. The highest BCUT2D eigenvalue weighted by Gasteiger charge is 2.26. The van der Waals surface area contributed by atoms with Gasteiger partial charge in [-0.3, -0.25) is 4.68 Å². The highest BCUT2D eigenvalue weighted by Crippen LogP contribution is 2.28. The van der Waals surface area contributed by atoms with E-state index in [9.17, 15) is 0 Å². The summed E-state index contributed by atoms with van der Waals surface area (Å²) in [5.74, 6) is 2.74. The average molecular weight is 344 g/mol. The summed E-state index contributed by atoms with van der Waals surface area (Å²) in [6.45, 7) is 3.63. The van der Waals surface area contributed by atoms with Crippen molar-refractivity contribution in [3.8, 4) is 17.3 Å². The van der Waals surface area contributed by atoms with Crippen LogP contribution in [0, 0.1) is 0 Å². The molecule has 0 saturated carbocycles. The minimum absolute atomic E-state index is 0.256. The minimum Gasteiger partial charge on any atom is -0.381 e. The van der Waals surface area contributed by atoms with E-state index in [0.29, 0.717) is 6.61 Å². The number of aryl methyl sites for hydroxylation is 2. The lowest BCUT2D eigenvalue weighted by atomic mass is 10.1. The predicted molar refractivity (Wildman–Crippen MR) is 91.4 cm³/mol. The number of thiazole rings is 1. The number of hydrogen-bond acceptors (Lipinski definition) is 6. The molecule has 0 bridgehead atoms. The summed E-state index contributed by atoms with van der Waals surface area (Å²) in [7, 11) is 1.91. The summed E-state index contributed by atoms with van der Waals surface area (Å²) in [5.41, 5.74) is 0.877. The molecule has 1 saturated heterocycles. The molecule has 3 aromatic heterocycles. The SMILES string of the molecule is CCCc1nc(-c2nc(C3CCOC3)nn2-c2ccnn2C)cs1. The van der Waals surface area contributed by atoms with Gasteiger partial charge in [0.2, 0.25) is 0 Å². The third kappa shape index (κ3) is 2.76. The van der Waals surface area contributed by atoms with Crippen LogP contribution in [0.2, 0.25) is 0 Å². The lowest BCUT2D eigenvalue weighted by molar-refractivity contribution is 0.193. The zero-order valence-corrected chi connectivity index (χ0v) is 14.7. The first kappa shape index (κ1) is 15.5. The predicted octanol–water partition coefficient (Wildman–Crippen LogP) is 2.58. The number of nitrogens with zero attached hydrogens (tertiary/aromatic N) is 6. The summed E-state index contributed by atoms with van der Waals surface area (Å²) < 4.78 is 9.15. The molecule has 8 heteroatoms. The van der Waals surface area contributed by atoms with Crippen LogP contribution in [0.4, 0.5) is 0 Å². The van der Waals surface area contributed by atoms with Crippen LogP contribution in [-0.4, -0.2) is 42.7 Å². The summed E-state index contributed by atoms with van der Waals surface area (Å²) in [6, 6.07) is 1.94. The second-order valence-electron chi connectivity index (χ2n) is 5.96. The van der Waals surface area contributed by atoms with Crippen LogP contribution in [0.3, 0.4) is 0 Å². The van der Waals surface area contributed by atoms with Crippen LogP contribution in [0.5, 0.6) is 0 Å². The molecule has 1 atom stereocenters. The van der Waals surface area contributed by atoms with Gasteiger partial charge < -0.3 is 4.74 Å². The minimum atomic E-state index is 0.256. The fraction of sp³-hybridized carbons (Fsp3) is 0.500. The molecule has 7 nitrogen and oxygen atoms in total. The molecule has 0 radical (unpaired) electrons. The van der Waals surface area contributed by atoms with Crippen molar-refractivity contribution in [1.82, 2.24) is 29.5 Å². The van der Waals surface area contributed by atoms with Crippen molar-refractivity contribution in [3.63, 3.8) is 0 Å². The van der Waals surface area contributed by atoms with Gasteiger partial charge in [-0.05, 0) is 19.3 Å². The van der Waals surface area contributed by atoms with Gasteiger partial charge in [0.1, 0.15) is 5.69 Å². The molecule has 0 N–H and O–H groups in total. The first-order valence-corrected chi connectivity index (χ1v) is 9.12. The third-order valence-electron chi connectivity index (χ3n) is 4.18. The molecular formula is C16H20N6OS. The number of hydrogen-bond donors (Lipinski definition) is 0. The Hall–Kier alpha value is -2.06. The maximum atomic E-state index is 5.50. The highest BCUT2D eigenvalue weighted by atomic mass is 32.1. The molecule has 1 fully saturated rings. The van der Waals surface area contributed by atoms with Gasteiger partial charge in [0.25, 0.3) is 0 Å². The maximum Gasteiger partial charge on any atom is 0.184 e. The van der Waals surface area contributed by atoms with Gasteiger partial charge in [0.05, 0.1) is 17.8 Å². The molecule has 0 aromatic carbocycles. The van der Waals surface area contributed by atoms with Crippen molar-refractivity contribution in [3.05, 3.63) is 28.5 Å². The summed E-state index contributed by atoms with van der Waals surface area (Å²) in [5, 5.41) is 12.2. The molecule has 0 spiro atoms. The van der Waals surface area contributed by atoms with Gasteiger partial charge in [0, 0.05) is 31.0 Å². The van der Waals surface area contributed by atoms with Crippen LogP contribution in [0.1, 0.15) is 36.5 Å². The molecule has 0 aliphatic carbocycles. The lowest BCUT2D eigenvalue weighted by Crippen LogP contribution is -2.07. The smallest absolute Gasteiger partial charge is 0.184 e. The van der Waals surface area contributed by atoms with Crippen LogP contribution < -0.4 is 0 Å². The van der Waals surface area contributed by atoms with E-state index in [1.54, 1.807) is 22.2 Å². The zero-order valence-electron chi connectivity index (χ0n) is 13.8. The van der Waals surface area contributed by atoms with Crippen molar-refractivity contribution in [1.29, 1.82) is 0 Å². The van der Waals surface area contributed by atoms with Crippen molar-refractivity contribution in [2.75, 3.05) is 13.2 Å². The van der Waals surface area contributed by atoms with E-state index in [0.717, 1.165) is 54.0 Å². The van der Waals surface area contributed by atoms with Crippen LogP contribution in [0.15, 0.2) is 17.6 Å². The normalized spacial score (nSPS) is 17.7. The maximum absolute atomic E-state index is 5.50. The monoisotopic (exact) mass is 344 g/mol. The van der Waals surface area contributed by atoms with Gasteiger partial charge >= 0.3 is 0 Å². The fourth-order valence-electron chi connectivity index (χ4n) is 2.88. The molecule has 4 rings (SSSR count). The Bertz CT molecular complexity index is 829. The summed E-state index contributed by atoms with van der Waals surface area (Å²) in [6.07, 6.45) is 4.82. The first-order valence-electron chi connectivity index (χ1n) is 8.24. The van der Waals surface area contributed by atoms with E-state index >= 15 is 0 Å². The second-order valence-corrected chi connectivity index (χ2v) is 6.90. The van der Waals surface area contributed by atoms with E-state index in [-0.39, 0.29) is 5.92 Å². The van der Waals surface area contributed by atoms with Crippen molar-refractivity contribution >= 4 is 11.3 Å². The zero-order chi connectivity index (χ0) is 16.5. The molecule has 4 heterocycles. The fourth-order valence-corrected chi connectivity index (χ4v) is 3.76. The molecule has 24 heavy (non-hydrogen) atoms. The Labute approximate surface area is 144 Å². The second kappa shape index (κ2) is 6.45. The molecule has 0 amide bonds. The number of rotatable bonds is 5. The van der Waals surface area contributed by atoms with Gasteiger partial charge in [-0.15, -0.1) is 16.4 Å². The Morgan fingerprint density at radius 2 is 2.29 bits per heavy atom. The Balaban J connectivity index is 1.79. The third-order valence-corrected chi connectivity index (χ3v) is 5.08. The molecule has 1 aliphatic heterocycles. The van der Waals surface area contributed by atoms with E-state index in [2.05, 4.69) is 17.4 Å². The van der Waals surface area contributed by atoms with Crippen molar-refractivity contribution < 1.29 is 4.74 Å². The van der Waals surface area contributed by atoms with Crippen molar-refractivity contribution in [2.24, 2.45) is 7.05 Å². The number of ether oxygens (including phenoxy) is 1. The molecule has 1 unspecified atom stereocenters. The Morgan fingerprint density at radius 3 is 3.00 bits per heavy atom. The van der Waals surface area contributed by atoms with Crippen LogP contribution in [-0.2, 0) is 18.2 Å². The Morgan fingerprint density at radius 1 is 1.38 bits per heavy atom. The van der Waals surface area contributed by atoms with E-state index in [1.807, 2.05) is 17.8 Å². The highest BCUT2D eigenvalue weighted by molar-refractivity contribution is 7.09. The average Bonchev–Trinajstić information content (AvgIpc) is 3.34. The molecule has 126 valence electrons. The topological polar surface area (TPSA) is 70.7 Å².